The Morgan fingerprint density at radius 3 is 3.11 bits per heavy atom. The monoisotopic (exact) mass is 381 g/mol. The summed E-state index contributed by atoms with van der Waals surface area (Å²) in [7, 11) is -0.918. The van der Waals surface area contributed by atoms with E-state index in [0.717, 1.165) is 16.6 Å². The molecule has 0 aliphatic carbocycles. The molecule has 2 atom stereocenters. The zero-order valence-electron chi connectivity index (χ0n) is 15.4. The number of aromatic nitrogens is 2. The van der Waals surface area contributed by atoms with Gasteiger partial charge >= 0.3 is 7.12 Å². The summed E-state index contributed by atoms with van der Waals surface area (Å²) < 4.78 is 12.3. The van der Waals surface area contributed by atoms with Crippen LogP contribution in [0.15, 0.2) is 18.3 Å². The largest absolute Gasteiger partial charge is 0.492 e. The minimum Gasteiger partial charge on any atom is -0.423 e. The van der Waals surface area contributed by atoms with E-state index in [4.69, 9.17) is 15.1 Å². The fourth-order valence-electron chi connectivity index (χ4n) is 3.77. The first kappa shape index (κ1) is 18.5. The van der Waals surface area contributed by atoms with E-state index in [-0.39, 0.29) is 17.5 Å². The molecular formula is C18H20BN5O4. The maximum atomic E-state index is 11.9. The molecule has 28 heavy (non-hydrogen) atoms. The molecule has 2 aliphatic rings. The van der Waals surface area contributed by atoms with E-state index in [1.54, 1.807) is 10.9 Å². The van der Waals surface area contributed by atoms with E-state index in [9.17, 15) is 15.1 Å². The van der Waals surface area contributed by atoms with Crippen LogP contribution in [0.25, 0.3) is 0 Å². The number of anilines is 2. The lowest BCUT2D eigenvalue weighted by molar-refractivity contribution is 0.0342. The van der Waals surface area contributed by atoms with Crippen molar-refractivity contribution in [1.82, 2.24) is 9.78 Å². The smallest absolute Gasteiger partial charge is 0.423 e. The van der Waals surface area contributed by atoms with Gasteiger partial charge in [-0.05, 0) is 42.1 Å². The van der Waals surface area contributed by atoms with Gasteiger partial charge in [0, 0.05) is 18.5 Å². The highest BCUT2D eigenvalue weighted by Gasteiger charge is 2.31. The molecule has 144 valence electrons. The van der Waals surface area contributed by atoms with Gasteiger partial charge in [-0.1, -0.05) is 0 Å². The lowest BCUT2D eigenvalue weighted by atomic mass is 9.76. The van der Waals surface area contributed by atoms with Crippen LogP contribution in [0, 0.1) is 24.2 Å². The van der Waals surface area contributed by atoms with Crippen LogP contribution in [-0.4, -0.2) is 41.0 Å². The van der Waals surface area contributed by atoms with Gasteiger partial charge in [-0.2, -0.15) is 10.4 Å². The van der Waals surface area contributed by atoms with E-state index in [1.807, 2.05) is 19.1 Å². The van der Waals surface area contributed by atoms with Gasteiger partial charge in [0.25, 0.3) is 5.91 Å². The Morgan fingerprint density at radius 1 is 1.54 bits per heavy atom. The number of ether oxygens (including phenoxy) is 1. The van der Waals surface area contributed by atoms with E-state index in [1.165, 1.54) is 0 Å². The van der Waals surface area contributed by atoms with Crippen molar-refractivity contribution in [2.45, 2.75) is 26.0 Å². The molecule has 3 heterocycles. The minimum absolute atomic E-state index is 0.233. The molecule has 0 saturated carbocycles. The fourth-order valence-corrected chi connectivity index (χ4v) is 3.77. The quantitative estimate of drug-likeness (QED) is 0.651. The Bertz CT molecular complexity index is 970. The molecule has 0 bridgehead atoms. The number of hydrogen-bond acceptors (Lipinski definition) is 7. The molecule has 2 aromatic rings. The minimum atomic E-state index is -0.918. The van der Waals surface area contributed by atoms with Crippen LogP contribution >= 0.6 is 0 Å². The van der Waals surface area contributed by atoms with Crippen molar-refractivity contribution < 1.29 is 19.2 Å². The highest BCUT2D eigenvalue weighted by Crippen LogP contribution is 2.29. The Morgan fingerprint density at radius 2 is 2.36 bits per heavy atom. The SMILES string of the molecule is Cc1cc(Nc2nn([C@H]3COCCC3C#N)cc2C(N)=O)cc2c1B(O)OC2. The van der Waals surface area contributed by atoms with Crippen LogP contribution in [-0.2, 0) is 16.0 Å². The number of nitrogens with zero attached hydrogens (tertiary/aromatic N) is 3. The van der Waals surface area contributed by atoms with Gasteiger partial charge in [-0.15, -0.1) is 0 Å². The third-order valence-electron chi connectivity index (χ3n) is 5.21. The van der Waals surface area contributed by atoms with E-state index >= 15 is 0 Å². The van der Waals surface area contributed by atoms with Gasteiger partial charge in [0.05, 0.1) is 31.2 Å². The van der Waals surface area contributed by atoms with E-state index < -0.39 is 13.0 Å². The number of hydrogen-bond donors (Lipinski definition) is 3. The molecule has 1 aromatic carbocycles. The van der Waals surface area contributed by atoms with E-state index in [0.29, 0.717) is 37.7 Å². The molecular weight excluding hydrogens is 361 g/mol. The van der Waals surface area contributed by atoms with Gasteiger partial charge in [0.1, 0.15) is 5.56 Å². The van der Waals surface area contributed by atoms with Gasteiger partial charge in [0.15, 0.2) is 5.82 Å². The normalized spacial score (nSPS) is 21.2. The van der Waals surface area contributed by atoms with Crippen LogP contribution < -0.4 is 16.5 Å². The third kappa shape index (κ3) is 3.24. The Balaban J connectivity index is 1.67. The first-order valence-corrected chi connectivity index (χ1v) is 9.04. The molecule has 9 nitrogen and oxygen atoms in total. The molecule has 0 radical (unpaired) electrons. The lowest BCUT2D eigenvalue weighted by Gasteiger charge is -2.26. The molecule has 0 spiro atoms. The molecule has 1 fully saturated rings. The van der Waals surface area contributed by atoms with Crippen LogP contribution in [0.4, 0.5) is 11.5 Å². The van der Waals surface area contributed by atoms with E-state index in [2.05, 4.69) is 16.5 Å². The number of carbonyl (C=O) groups excluding carboxylic acids is 1. The molecule has 10 heteroatoms. The number of carbonyl (C=O) groups is 1. The number of nitrogens with one attached hydrogen (secondary N) is 1. The average Bonchev–Trinajstić information content (AvgIpc) is 3.26. The Labute approximate surface area is 162 Å². The number of rotatable bonds is 4. The average molecular weight is 381 g/mol. The fraction of sp³-hybridized carbons (Fsp3) is 0.389. The second-order valence-electron chi connectivity index (χ2n) is 7.06. The lowest BCUT2D eigenvalue weighted by Crippen LogP contribution is -2.30. The standard InChI is InChI=1S/C18H20BN5O4/c1-10-4-13(5-12-8-28-19(26)16(10)12)22-18-14(17(21)25)7-24(23-18)15-9-27-3-2-11(15)6-20/h4-5,7,11,15,26H,2-3,8-9H2,1H3,(H2,21,25)(H,22,23)/t11?,15-/m0/s1. The highest BCUT2D eigenvalue weighted by atomic mass is 16.5. The zero-order chi connectivity index (χ0) is 19.8. The number of primary amides is 1. The van der Waals surface area contributed by atoms with Crippen molar-refractivity contribution in [2.24, 2.45) is 11.7 Å². The molecule has 4 rings (SSSR count). The highest BCUT2D eigenvalue weighted by molar-refractivity contribution is 6.62. The summed E-state index contributed by atoms with van der Waals surface area (Å²) in [5.74, 6) is -0.549. The second kappa shape index (κ2) is 7.28. The summed E-state index contributed by atoms with van der Waals surface area (Å²) in [5, 5.41) is 26.9. The Kier molecular flexibility index (Phi) is 4.81. The zero-order valence-corrected chi connectivity index (χ0v) is 15.4. The maximum Gasteiger partial charge on any atom is 0.492 e. The molecule has 1 unspecified atom stereocenters. The first-order valence-electron chi connectivity index (χ1n) is 9.04. The number of amides is 1. The summed E-state index contributed by atoms with van der Waals surface area (Å²) >= 11 is 0. The van der Waals surface area contributed by atoms with Crippen molar-refractivity contribution in [3.05, 3.63) is 35.0 Å². The van der Waals surface area contributed by atoms with Gasteiger partial charge in [-0.25, -0.2) is 0 Å². The summed E-state index contributed by atoms with van der Waals surface area (Å²) in [5.41, 5.74) is 8.99. The summed E-state index contributed by atoms with van der Waals surface area (Å²) in [6.07, 6.45) is 2.17. The molecule has 1 aromatic heterocycles. The number of aryl methyl sites for hydroxylation is 1. The van der Waals surface area contributed by atoms with Crippen LogP contribution in [0.2, 0.25) is 0 Å². The van der Waals surface area contributed by atoms with Gasteiger partial charge in [-0.3, -0.25) is 9.48 Å². The second-order valence-corrected chi connectivity index (χ2v) is 7.06. The topological polar surface area (TPSA) is 135 Å². The number of nitriles is 1. The first-order chi connectivity index (χ1) is 13.5. The van der Waals surface area contributed by atoms with Crippen LogP contribution in [0.5, 0.6) is 0 Å². The van der Waals surface area contributed by atoms with Crippen molar-refractivity contribution >= 4 is 30.0 Å². The number of fused-ring (bicyclic) bond motifs is 1. The van der Waals surface area contributed by atoms with Crippen LogP contribution in [0.1, 0.15) is 33.9 Å². The predicted molar refractivity (Wildman–Crippen MR) is 101 cm³/mol. The van der Waals surface area contributed by atoms with Crippen molar-refractivity contribution in [2.75, 3.05) is 18.5 Å². The summed E-state index contributed by atoms with van der Waals surface area (Å²) in [6.45, 7) is 3.08. The van der Waals surface area contributed by atoms with Crippen molar-refractivity contribution in [3.63, 3.8) is 0 Å². The molecule has 1 saturated heterocycles. The third-order valence-corrected chi connectivity index (χ3v) is 5.21. The van der Waals surface area contributed by atoms with Gasteiger partial charge in [0.2, 0.25) is 0 Å². The molecule has 1 amide bonds. The number of nitrogens with two attached hydrogens (primary N) is 1. The number of benzene rings is 1. The predicted octanol–water partition coefficient (Wildman–Crippen LogP) is 0.353. The Hall–Kier alpha value is -2.87. The maximum absolute atomic E-state index is 11.9. The molecule has 4 N–H and O–H groups in total. The van der Waals surface area contributed by atoms with Crippen molar-refractivity contribution in [1.29, 1.82) is 5.26 Å². The van der Waals surface area contributed by atoms with Crippen LogP contribution in [0.3, 0.4) is 0 Å². The van der Waals surface area contributed by atoms with Crippen molar-refractivity contribution in [3.8, 4) is 6.07 Å². The summed E-state index contributed by atoms with van der Waals surface area (Å²) in [6, 6.07) is 5.71. The molecule has 2 aliphatic heterocycles. The van der Waals surface area contributed by atoms with Gasteiger partial charge < -0.3 is 25.5 Å². The summed E-state index contributed by atoms with van der Waals surface area (Å²) in [4.78, 5) is 11.9.